The van der Waals surface area contributed by atoms with Gasteiger partial charge in [0.25, 0.3) is 0 Å². The molecule has 2 aromatic heterocycles. The van der Waals surface area contributed by atoms with E-state index in [1.54, 1.807) is 13.2 Å². The van der Waals surface area contributed by atoms with Crippen LogP contribution in [-0.4, -0.2) is 60.2 Å². The number of aromatic nitrogens is 4. The molecule has 0 unspecified atom stereocenters. The van der Waals surface area contributed by atoms with E-state index in [0.29, 0.717) is 24.7 Å². The predicted octanol–water partition coefficient (Wildman–Crippen LogP) is -0.371. The highest BCUT2D eigenvalue weighted by Gasteiger charge is 2.24. The average molecular weight is 282 g/mol. The highest BCUT2D eigenvalue weighted by atomic mass is 32.2. The summed E-state index contributed by atoms with van der Waals surface area (Å²) < 4.78 is 22.9. The molecule has 0 aromatic carbocycles. The number of fused-ring (bicyclic) bond motifs is 1. The van der Waals surface area contributed by atoms with Gasteiger partial charge in [-0.1, -0.05) is 0 Å². The van der Waals surface area contributed by atoms with Gasteiger partial charge in [0.1, 0.15) is 5.82 Å². The van der Waals surface area contributed by atoms with Crippen LogP contribution in [0.1, 0.15) is 0 Å². The molecular formula is C10H14N6O2S. The summed E-state index contributed by atoms with van der Waals surface area (Å²) in [6.45, 7) is 0.894. The van der Waals surface area contributed by atoms with Crippen molar-refractivity contribution < 1.29 is 8.42 Å². The first-order valence-corrected chi connectivity index (χ1v) is 7.75. The van der Waals surface area contributed by atoms with E-state index in [4.69, 9.17) is 0 Å². The van der Waals surface area contributed by atoms with Crippen molar-refractivity contribution in [1.29, 1.82) is 0 Å². The van der Waals surface area contributed by atoms with Crippen LogP contribution in [0.4, 0.5) is 11.8 Å². The molecule has 0 radical (unpaired) electrons. The summed E-state index contributed by atoms with van der Waals surface area (Å²) in [4.78, 5) is 10.6. The molecule has 3 rings (SSSR count). The summed E-state index contributed by atoms with van der Waals surface area (Å²) in [5.74, 6) is 1.52. The zero-order valence-corrected chi connectivity index (χ0v) is 11.2. The standard InChI is InChI=1S/C10H14N6O2S/c1-11-10-13-8-7(6-12-15-8)9(14-10)16-2-4-19(17,18)5-3-16/h6H,2-5H2,1H3,(H2,11,12,13,14,15). The summed E-state index contributed by atoms with van der Waals surface area (Å²) in [5, 5.41) is 10.5. The maximum atomic E-state index is 11.5. The number of nitrogens with one attached hydrogen (secondary N) is 2. The quantitative estimate of drug-likeness (QED) is 0.774. The average Bonchev–Trinajstić information content (AvgIpc) is 2.86. The Labute approximate surface area is 110 Å². The van der Waals surface area contributed by atoms with Crippen molar-refractivity contribution in [3.05, 3.63) is 6.20 Å². The largest absolute Gasteiger partial charge is 0.357 e. The molecule has 1 aliphatic heterocycles. The van der Waals surface area contributed by atoms with Crippen LogP contribution in [0.25, 0.3) is 11.0 Å². The molecule has 0 amide bonds. The van der Waals surface area contributed by atoms with Crippen molar-refractivity contribution in [3.8, 4) is 0 Å². The molecule has 19 heavy (non-hydrogen) atoms. The minimum atomic E-state index is -2.90. The predicted molar refractivity (Wildman–Crippen MR) is 72.1 cm³/mol. The topological polar surface area (TPSA) is 104 Å². The van der Waals surface area contributed by atoms with Crippen molar-refractivity contribution in [2.75, 3.05) is 41.9 Å². The minimum absolute atomic E-state index is 0.158. The number of rotatable bonds is 2. The second-order valence-electron chi connectivity index (χ2n) is 4.39. The Morgan fingerprint density at radius 3 is 2.74 bits per heavy atom. The van der Waals surface area contributed by atoms with Gasteiger partial charge in [0.15, 0.2) is 15.5 Å². The van der Waals surface area contributed by atoms with Crippen LogP contribution >= 0.6 is 0 Å². The van der Waals surface area contributed by atoms with Crippen molar-refractivity contribution >= 4 is 32.6 Å². The summed E-state index contributed by atoms with van der Waals surface area (Å²) in [6, 6.07) is 0. The van der Waals surface area contributed by atoms with E-state index in [9.17, 15) is 8.42 Å². The second kappa shape index (κ2) is 4.34. The lowest BCUT2D eigenvalue weighted by Gasteiger charge is -2.28. The van der Waals surface area contributed by atoms with Gasteiger partial charge in [0, 0.05) is 20.1 Å². The number of hydrogen-bond acceptors (Lipinski definition) is 7. The van der Waals surface area contributed by atoms with Crippen LogP contribution in [0.5, 0.6) is 0 Å². The first kappa shape index (κ1) is 12.2. The Hall–Kier alpha value is -1.90. The van der Waals surface area contributed by atoms with E-state index in [0.717, 1.165) is 11.2 Å². The van der Waals surface area contributed by atoms with Gasteiger partial charge in [-0.3, -0.25) is 5.10 Å². The second-order valence-corrected chi connectivity index (χ2v) is 6.70. The zero-order chi connectivity index (χ0) is 13.5. The van der Waals surface area contributed by atoms with E-state index >= 15 is 0 Å². The Balaban J connectivity index is 2.02. The number of hydrogen-bond donors (Lipinski definition) is 2. The molecule has 8 nitrogen and oxygen atoms in total. The van der Waals surface area contributed by atoms with Crippen LogP contribution in [0.3, 0.4) is 0 Å². The smallest absolute Gasteiger partial charge is 0.226 e. The Bertz CT molecular complexity index is 696. The molecule has 0 bridgehead atoms. The first-order chi connectivity index (χ1) is 9.09. The molecular weight excluding hydrogens is 268 g/mol. The van der Waals surface area contributed by atoms with Crippen LogP contribution < -0.4 is 10.2 Å². The van der Waals surface area contributed by atoms with E-state index in [-0.39, 0.29) is 11.5 Å². The van der Waals surface area contributed by atoms with E-state index in [2.05, 4.69) is 25.5 Å². The van der Waals surface area contributed by atoms with Crippen molar-refractivity contribution in [2.45, 2.75) is 0 Å². The minimum Gasteiger partial charge on any atom is -0.357 e. The van der Waals surface area contributed by atoms with Gasteiger partial charge in [-0.15, -0.1) is 0 Å². The number of aromatic amines is 1. The molecule has 2 N–H and O–H groups in total. The Morgan fingerprint density at radius 2 is 2.05 bits per heavy atom. The van der Waals surface area contributed by atoms with E-state index < -0.39 is 9.84 Å². The van der Waals surface area contributed by atoms with Crippen LogP contribution in [0.2, 0.25) is 0 Å². The first-order valence-electron chi connectivity index (χ1n) is 5.93. The molecule has 0 spiro atoms. The Morgan fingerprint density at radius 1 is 1.32 bits per heavy atom. The van der Waals surface area contributed by atoms with Crippen LogP contribution in [-0.2, 0) is 9.84 Å². The third-order valence-electron chi connectivity index (χ3n) is 3.16. The molecule has 2 aromatic rings. The SMILES string of the molecule is CNc1nc(N2CCS(=O)(=O)CC2)c2cn[nH]c2n1. The molecule has 1 aliphatic rings. The zero-order valence-electron chi connectivity index (χ0n) is 10.4. The maximum absolute atomic E-state index is 11.5. The third-order valence-corrected chi connectivity index (χ3v) is 4.77. The Kier molecular flexibility index (Phi) is 2.77. The molecule has 0 aliphatic carbocycles. The monoisotopic (exact) mass is 282 g/mol. The van der Waals surface area contributed by atoms with Crippen LogP contribution in [0.15, 0.2) is 6.20 Å². The molecule has 0 atom stereocenters. The van der Waals surface area contributed by atoms with Crippen molar-refractivity contribution in [1.82, 2.24) is 20.2 Å². The molecule has 1 fully saturated rings. The maximum Gasteiger partial charge on any atom is 0.226 e. The fraction of sp³-hybridized carbons (Fsp3) is 0.500. The van der Waals surface area contributed by atoms with Crippen molar-refractivity contribution in [2.24, 2.45) is 0 Å². The summed E-state index contributed by atoms with van der Waals surface area (Å²) in [7, 11) is -1.17. The number of nitrogens with zero attached hydrogens (tertiary/aromatic N) is 4. The molecule has 102 valence electrons. The lowest BCUT2D eigenvalue weighted by molar-refractivity contribution is 0.586. The van der Waals surface area contributed by atoms with Gasteiger partial charge in [0.05, 0.1) is 23.1 Å². The number of H-pyrrole nitrogens is 1. The van der Waals surface area contributed by atoms with Gasteiger partial charge >= 0.3 is 0 Å². The molecule has 3 heterocycles. The fourth-order valence-electron chi connectivity index (χ4n) is 2.10. The lowest BCUT2D eigenvalue weighted by atomic mass is 10.3. The number of sulfone groups is 1. The summed E-state index contributed by atoms with van der Waals surface area (Å²) in [5.41, 5.74) is 0.641. The van der Waals surface area contributed by atoms with Crippen LogP contribution in [0, 0.1) is 0 Å². The van der Waals surface area contributed by atoms with E-state index in [1.165, 1.54) is 0 Å². The fourth-order valence-corrected chi connectivity index (χ4v) is 3.30. The number of anilines is 2. The third kappa shape index (κ3) is 2.21. The normalized spacial score (nSPS) is 18.7. The highest BCUT2D eigenvalue weighted by molar-refractivity contribution is 7.91. The molecule has 0 saturated carbocycles. The van der Waals surface area contributed by atoms with Gasteiger partial charge < -0.3 is 10.2 Å². The van der Waals surface area contributed by atoms with Gasteiger partial charge in [0.2, 0.25) is 5.95 Å². The molecule has 1 saturated heterocycles. The van der Waals surface area contributed by atoms with Gasteiger partial charge in [-0.05, 0) is 0 Å². The molecule has 9 heteroatoms. The highest BCUT2D eigenvalue weighted by Crippen LogP contribution is 2.24. The van der Waals surface area contributed by atoms with Gasteiger partial charge in [-0.2, -0.15) is 15.1 Å². The lowest BCUT2D eigenvalue weighted by Crippen LogP contribution is -2.40. The van der Waals surface area contributed by atoms with E-state index in [1.807, 2.05) is 4.90 Å². The van der Waals surface area contributed by atoms with Crippen molar-refractivity contribution in [3.63, 3.8) is 0 Å². The summed E-state index contributed by atoms with van der Waals surface area (Å²) in [6.07, 6.45) is 1.66. The summed E-state index contributed by atoms with van der Waals surface area (Å²) >= 11 is 0. The van der Waals surface area contributed by atoms with Gasteiger partial charge in [-0.25, -0.2) is 8.42 Å².